The van der Waals surface area contributed by atoms with Gasteiger partial charge < -0.3 is 4.90 Å². The average molecular weight is 330 g/mol. The molecule has 0 aromatic carbocycles. The summed E-state index contributed by atoms with van der Waals surface area (Å²) in [7, 11) is -3.12. The summed E-state index contributed by atoms with van der Waals surface area (Å²) in [5.74, 6) is 1.10. The summed E-state index contributed by atoms with van der Waals surface area (Å²) in [4.78, 5) is 14.6. The molecule has 0 aromatic rings. The number of carbonyl (C=O) groups excluding carboxylic acids is 1. The third kappa shape index (κ3) is 4.44. The van der Waals surface area contributed by atoms with E-state index in [-0.39, 0.29) is 17.6 Å². The maximum absolute atomic E-state index is 12.6. The number of nitrogens with zero attached hydrogens (tertiary/aromatic N) is 2. The van der Waals surface area contributed by atoms with Gasteiger partial charge in [-0.3, -0.25) is 4.79 Å². The van der Waals surface area contributed by atoms with Crippen LogP contribution in [0.4, 0.5) is 0 Å². The molecule has 22 heavy (non-hydrogen) atoms. The molecular formula is C16H30N2O3S. The highest BCUT2D eigenvalue weighted by Crippen LogP contribution is 2.25. The molecule has 2 saturated heterocycles. The van der Waals surface area contributed by atoms with Crippen molar-refractivity contribution in [1.82, 2.24) is 9.21 Å². The molecule has 2 heterocycles. The molecule has 1 unspecified atom stereocenters. The fourth-order valence-electron chi connectivity index (χ4n) is 3.48. The Morgan fingerprint density at radius 2 is 1.82 bits per heavy atom. The van der Waals surface area contributed by atoms with E-state index >= 15 is 0 Å². The Morgan fingerprint density at radius 1 is 1.14 bits per heavy atom. The highest BCUT2D eigenvalue weighted by Gasteiger charge is 2.33. The van der Waals surface area contributed by atoms with E-state index in [1.165, 1.54) is 6.42 Å². The number of piperidine rings is 2. The van der Waals surface area contributed by atoms with Gasteiger partial charge >= 0.3 is 0 Å². The van der Waals surface area contributed by atoms with Gasteiger partial charge in [0.25, 0.3) is 0 Å². The van der Waals surface area contributed by atoms with Gasteiger partial charge in [0.1, 0.15) is 0 Å². The van der Waals surface area contributed by atoms with Crippen molar-refractivity contribution in [3.63, 3.8) is 0 Å². The van der Waals surface area contributed by atoms with E-state index in [1.54, 1.807) is 4.31 Å². The van der Waals surface area contributed by atoms with E-state index in [9.17, 15) is 13.2 Å². The minimum atomic E-state index is -3.12. The molecule has 0 radical (unpaired) electrons. The highest BCUT2D eigenvalue weighted by atomic mass is 32.2. The molecule has 0 aliphatic carbocycles. The van der Waals surface area contributed by atoms with Gasteiger partial charge in [0.15, 0.2) is 0 Å². The third-order valence-corrected chi connectivity index (χ3v) is 6.88. The quantitative estimate of drug-likeness (QED) is 0.775. The van der Waals surface area contributed by atoms with Crippen molar-refractivity contribution in [2.45, 2.75) is 52.4 Å². The standard InChI is InChI=1S/C16H30N2O3S/c1-3-4-12-22(20,21)18-10-7-15(8-11-18)16(19)17-9-5-6-14(2)13-17/h14-15H,3-13H2,1-2H3. The zero-order valence-corrected chi connectivity index (χ0v) is 14.8. The average Bonchev–Trinajstić information content (AvgIpc) is 2.52. The first-order chi connectivity index (χ1) is 10.4. The molecule has 2 aliphatic heterocycles. The van der Waals surface area contributed by atoms with E-state index in [0.717, 1.165) is 25.9 Å². The highest BCUT2D eigenvalue weighted by molar-refractivity contribution is 7.89. The molecule has 2 rings (SSSR count). The fourth-order valence-corrected chi connectivity index (χ4v) is 5.16. The van der Waals surface area contributed by atoms with Gasteiger partial charge in [-0.25, -0.2) is 12.7 Å². The molecule has 5 nitrogen and oxygen atoms in total. The Kier molecular flexibility index (Phi) is 6.26. The predicted molar refractivity (Wildman–Crippen MR) is 88.0 cm³/mol. The lowest BCUT2D eigenvalue weighted by Crippen LogP contribution is -2.47. The normalized spacial score (nSPS) is 25.4. The van der Waals surface area contributed by atoms with Crippen LogP contribution in [0.2, 0.25) is 0 Å². The number of hydrogen-bond acceptors (Lipinski definition) is 3. The van der Waals surface area contributed by atoms with E-state index in [2.05, 4.69) is 6.92 Å². The maximum Gasteiger partial charge on any atom is 0.225 e. The second-order valence-electron chi connectivity index (χ2n) is 6.87. The molecule has 0 saturated carbocycles. The van der Waals surface area contributed by atoms with Crippen molar-refractivity contribution in [2.24, 2.45) is 11.8 Å². The van der Waals surface area contributed by atoms with Crippen molar-refractivity contribution in [2.75, 3.05) is 31.9 Å². The van der Waals surface area contributed by atoms with E-state index in [4.69, 9.17) is 0 Å². The molecule has 0 spiro atoms. The Bertz CT molecular complexity index is 470. The van der Waals surface area contributed by atoms with Gasteiger partial charge in [0.2, 0.25) is 15.9 Å². The van der Waals surface area contributed by atoms with Crippen LogP contribution in [0.25, 0.3) is 0 Å². The van der Waals surface area contributed by atoms with Crippen LogP contribution in [-0.4, -0.2) is 55.5 Å². The van der Waals surface area contributed by atoms with Gasteiger partial charge in [0.05, 0.1) is 5.75 Å². The molecule has 6 heteroatoms. The molecule has 2 fully saturated rings. The summed E-state index contributed by atoms with van der Waals surface area (Å²) in [6, 6.07) is 0. The van der Waals surface area contributed by atoms with Gasteiger partial charge in [-0.1, -0.05) is 20.3 Å². The summed E-state index contributed by atoms with van der Waals surface area (Å²) in [5, 5.41) is 0. The van der Waals surface area contributed by atoms with Gasteiger partial charge in [-0.15, -0.1) is 0 Å². The minimum absolute atomic E-state index is 0.0166. The van der Waals surface area contributed by atoms with Crippen LogP contribution in [0.5, 0.6) is 0 Å². The third-order valence-electron chi connectivity index (χ3n) is 4.92. The summed E-state index contributed by atoms with van der Waals surface area (Å²) in [6.07, 6.45) is 5.26. The van der Waals surface area contributed by atoms with E-state index in [1.807, 2.05) is 11.8 Å². The number of amides is 1. The van der Waals surface area contributed by atoms with E-state index < -0.39 is 10.0 Å². The zero-order valence-electron chi connectivity index (χ0n) is 14.0. The second-order valence-corrected chi connectivity index (χ2v) is 8.96. The molecular weight excluding hydrogens is 300 g/mol. The molecule has 2 aliphatic rings. The molecule has 128 valence electrons. The first kappa shape index (κ1) is 17.7. The zero-order chi connectivity index (χ0) is 16.2. The Morgan fingerprint density at radius 3 is 2.41 bits per heavy atom. The summed E-state index contributed by atoms with van der Waals surface area (Å²) >= 11 is 0. The summed E-state index contributed by atoms with van der Waals surface area (Å²) in [5.41, 5.74) is 0. The predicted octanol–water partition coefficient (Wildman–Crippen LogP) is 2.09. The largest absolute Gasteiger partial charge is 0.342 e. The second kappa shape index (κ2) is 7.77. The summed E-state index contributed by atoms with van der Waals surface area (Å²) in [6.45, 7) is 6.95. The van der Waals surface area contributed by atoms with Crippen LogP contribution >= 0.6 is 0 Å². The fraction of sp³-hybridized carbons (Fsp3) is 0.938. The molecule has 0 bridgehead atoms. The molecule has 1 amide bonds. The first-order valence-electron chi connectivity index (χ1n) is 8.70. The molecule has 1 atom stereocenters. The topological polar surface area (TPSA) is 57.7 Å². The van der Waals surface area contributed by atoms with E-state index in [0.29, 0.717) is 38.3 Å². The molecule has 0 N–H and O–H groups in total. The van der Waals surface area contributed by atoms with Crippen molar-refractivity contribution in [1.29, 1.82) is 0 Å². The smallest absolute Gasteiger partial charge is 0.225 e. The van der Waals surface area contributed by atoms with Gasteiger partial charge in [0, 0.05) is 32.1 Å². The summed E-state index contributed by atoms with van der Waals surface area (Å²) < 4.78 is 26.0. The number of unbranched alkanes of at least 4 members (excludes halogenated alkanes) is 1. The van der Waals surface area contributed by atoms with Crippen molar-refractivity contribution >= 4 is 15.9 Å². The number of likely N-dealkylation sites (tertiary alicyclic amines) is 1. The van der Waals surface area contributed by atoms with Crippen LogP contribution < -0.4 is 0 Å². The number of rotatable bonds is 5. The van der Waals surface area contributed by atoms with Crippen LogP contribution in [0.15, 0.2) is 0 Å². The number of hydrogen-bond donors (Lipinski definition) is 0. The van der Waals surface area contributed by atoms with Crippen molar-refractivity contribution < 1.29 is 13.2 Å². The Balaban J connectivity index is 1.85. The Hall–Kier alpha value is -0.620. The minimum Gasteiger partial charge on any atom is -0.342 e. The van der Waals surface area contributed by atoms with Crippen LogP contribution in [0.3, 0.4) is 0 Å². The SMILES string of the molecule is CCCCS(=O)(=O)N1CCC(C(=O)N2CCCC(C)C2)CC1. The lowest BCUT2D eigenvalue weighted by molar-refractivity contribution is -0.138. The van der Waals surface area contributed by atoms with Crippen LogP contribution in [0.1, 0.15) is 52.4 Å². The maximum atomic E-state index is 12.6. The Labute approximate surface area is 135 Å². The van der Waals surface area contributed by atoms with Crippen molar-refractivity contribution in [3.8, 4) is 0 Å². The van der Waals surface area contributed by atoms with Gasteiger partial charge in [-0.05, 0) is 38.0 Å². The van der Waals surface area contributed by atoms with Crippen molar-refractivity contribution in [3.05, 3.63) is 0 Å². The molecule has 0 aromatic heterocycles. The van der Waals surface area contributed by atoms with Crippen LogP contribution in [-0.2, 0) is 14.8 Å². The van der Waals surface area contributed by atoms with Gasteiger partial charge in [-0.2, -0.15) is 0 Å². The lowest BCUT2D eigenvalue weighted by Gasteiger charge is -2.36. The first-order valence-corrected chi connectivity index (χ1v) is 10.3. The number of sulfonamides is 1. The number of carbonyl (C=O) groups is 1. The van der Waals surface area contributed by atoms with Crippen LogP contribution in [0, 0.1) is 11.8 Å². The lowest BCUT2D eigenvalue weighted by atomic mass is 9.93. The monoisotopic (exact) mass is 330 g/mol.